The standard InChI is InChI=1S/C9H8BrNO2S/c1-6(10)5-14-8-3-2-7(4-11-8)9(12)13/h2-4H,1,5H2,(H,12,13). The van der Waals surface area contributed by atoms with Crippen LogP contribution in [-0.2, 0) is 0 Å². The molecule has 0 aliphatic heterocycles. The highest BCUT2D eigenvalue weighted by atomic mass is 79.9. The van der Waals surface area contributed by atoms with E-state index in [4.69, 9.17) is 5.11 Å². The van der Waals surface area contributed by atoms with Crippen LogP contribution in [0.2, 0.25) is 0 Å². The van der Waals surface area contributed by atoms with E-state index in [1.165, 1.54) is 24.0 Å². The Hall–Kier alpha value is -0.810. The number of carboxylic acids is 1. The number of rotatable bonds is 4. The van der Waals surface area contributed by atoms with Crippen molar-refractivity contribution < 1.29 is 9.90 Å². The third kappa shape index (κ3) is 3.51. The highest BCUT2D eigenvalue weighted by Crippen LogP contribution is 2.19. The molecule has 0 aliphatic carbocycles. The predicted octanol–water partition coefficient (Wildman–Crippen LogP) is 2.78. The number of hydrogen-bond donors (Lipinski definition) is 1. The highest BCUT2D eigenvalue weighted by molar-refractivity contribution is 9.11. The fourth-order valence-corrected chi connectivity index (χ4v) is 1.68. The molecule has 1 heterocycles. The minimum absolute atomic E-state index is 0.201. The Morgan fingerprint density at radius 2 is 2.36 bits per heavy atom. The van der Waals surface area contributed by atoms with Gasteiger partial charge >= 0.3 is 5.97 Å². The van der Waals surface area contributed by atoms with Gasteiger partial charge in [-0.2, -0.15) is 0 Å². The molecule has 1 N–H and O–H groups in total. The van der Waals surface area contributed by atoms with Crippen molar-refractivity contribution in [2.24, 2.45) is 0 Å². The van der Waals surface area contributed by atoms with Crippen LogP contribution in [-0.4, -0.2) is 21.8 Å². The highest BCUT2D eigenvalue weighted by Gasteiger charge is 2.02. The first kappa shape index (κ1) is 11.3. The lowest BCUT2D eigenvalue weighted by Crippen LogP contribution is -1.96. The van der Waals surface area contributed by atoms with E-state index in [9.17, 15) is 4.79 Å². The van der Waals surface area contributed by atoms with Gasteiger partial charge in [0, 0.05) is 11.9 Å². The summed E-state index contributed by atoms with van der Waals surface area (Å²) >= 11 is 4.73. The molecule has 0 saturated carbocycles. The van der Waals surface area contributed by atoms with Crippen LogP contribution >= 0.6 is 27.7 Å². The van der Waals surface area contributed by atoms with Crippen LogP contribution in [0.4, 0.5) is 0 Å². The Morgan fingerprint density at radius 3 is 2.79 bits per heavy atom. The van der Waals surface area contributed by atoms with Crippen molar-refractivity contribution in [3.05, 3.63) is 35.0 Å². The minimum Gasteiger partial charge on any atom is -0.478 e. The first-order chi connectivity index (χ1) is 6.59. The van der Waals surface area contributed by atoms with Gasteiger partial charge < -0.3 is 5.11 Å². The van der Waals surface area contributed by atoms with Gasteiger partial charge in [-0.15, -0.1) is 11.8 Å². The molecule has 0 bridgehead atoms. The fraction of sp³-hybridized carbons (Fsp3) is 0.111. The maximum atomic E-state index is 10.5. The van der Waals surface area contributed by atoms with Crippen molar-refractivity contribution in [2.75, 3.05) is 5.75 Å². The lowest BCUT2D eigenvalue weighted by molar-refractivity contribution is 0.0696. The van der Waals surface area contributed by atoms with Gasteiger partial charge in [-0.1, -0.05) is 22.5 Å². The molecule has 1 aromatic rings. The summed E-state index contributed by atoms with van der Waals surface area (Å²) in [7, 11) is 0. The number of nitrogens with zero attached hydrogens (tertiary/aromatic N) is 1. The second-order valence-corrected chi connectivity index (χ2v) is 4.61. The van der Waals surface area contributed by atoms with E-state index >= 15 is 0 Å². The van der Waals surface area contributed by atoms with E-state index < -0.39 is 5.97 Å². The van der Waals surface area contributed by atoms with Crippen molar-refractivity contribution in [1.82, 2.24) is 4.98 Å². The van der Waals surface area contributed by atoms with Crippen molar-refractivity contribution in [3.8, 4) is 0 Å². The Balaban J connectivity index is 2.64. The molecule has 0 unspecified atom stereocenters. The van der Waals surface area contributed by atoms with Gasteiger partial charge in [-0.25, -0.2) is 9.78 Å². The molecule has 14 heavy (non-hydrogen) atoms. The molecule has 1 aromatic heterocycles. The molecular weight excluding hydrogens is 266 g/mol. The fourth-order valence-electron chi connectivity index (χ4n) is 0.744. The molecule has 74 valence electrons. The van der Waals surface area contributed by atoms with Gasteiger partial charge in [-0.05, 0) is 16.6 Å². The lowest BCUT2D eigenvalue weighted by atomic mass is 10.3. The number of carboxylic acid groups (broad SMARTS) is 1. The molecule has 0 amide bonds. The molecule has 0 radical (unpaired) electrons. The Bertz CT molecular complexity index is 350. The molecule has 0 aromatic carbocycles. The van der Waals surface area contributed by atoms with Gasteiger partial charge in [-0.3, -0.25) is 0 Å². The van der Waals surface area contributed by atoms with Gasteiger partial charge in [0.25, 0.3) is 0 Å². The maximum Gasteiger partial charge on any atom is 0.337 e. The summed E-state index contributed by atoms with van der Waals surface area (Å²) in [6, 6.07) is 3.22. The van der Waals surface area contributed by atoms with Gasteiger partial charge in [0.05, 0.1) is 10.6 Å². The van der Waals surface area contributed by atoms with Crippen LogP contribution in [0.1, 0.15) is 10.4 Å². The largest absolute Gasteiger partial charge is 0.478 e. The van der Waals surface area contributed by atoms with Gasteiger partial charge in [0.1, 0.15) is 0 Å². The van der Waals surface area contributed by atoms with E-state index in [2.05, 4.69) is 27.5 Å². The van der Waals surface area contributed by atoms with Crippen molar-refractivity contribution >= 4 is 33.7 Å². The summed E-state index contributed by atoms with van der Waals surface area (Å²) in [4.78, 5) is 14.5. The molecule has 5 heteroatoms. The second-order valence-electron chi connectivity index (χ2n) is 2.50. The topological polar surface area (TPSA) is 50.2 Å². The van der Waals surface area contributed by atoms with Crippen LogP contribution in [0.3, 0.4) is 0 Å². The molecular formula is C9H8BrNO2S. The minimum atomic E-state index is -0.959. The number of thioether (sulfide) groups is 1. The Morgan fingerprint density at radius 1 is 1.64 bits per heavy atom. The monoisotopic (exact) mass is 273 g/mol. The molecule has 0 fully saturated rings. The summed E-state index contributed by atoms with van der Waals surface area (Å²) in [6.45, 7) is 3.69. The van der Waals surface area contributed by atoms with Crippen LogP contribution in [0, 0.1) is 0 Å². The summed E-state index contributed by atoms with van der Waals surface area (Å²) in [5.41, 5.74) is 0.201. The first-order valence-corrected chi connectivity index (χ1v) is 5.53. The zero-order valence-corrected chi connectivity index (χ0v) is 9.64. The van der Waals surface area contributed by atoms with Crippen LogP contribution in [0.5, 0.6) is 0 Å². The molecule has 1 rings (SSSR count). The van der Waals surface area contributed by atoms with E-state index in [0.29, 0.717) is 0 Å². The zero-order valence-electron chi connectivity index (χ0n) is 7.24. The van der Waals surface area contributed by atoms with Crippen molar-refractivity contribution in [2.45, 2.75) is 5.03 Å². The Kier molecular flexibility index (Phi) is 4.16. The lowest BCUT2D eigenvalue weighted by Gasteiger charge is -1.99. The van der Waals surface area contributed by atoms with E-state index in [1.54, 1.807) is 6.07 Å². The number of aromatic nitrogens is 1. The van der Waals surface area contributed by atoms with Crippen LogP contribution < -0.4 is 0 Å². The molecule has 0 aliphatic rings. The van der Waals surface area contributed by atoms with Crippen LogP contribution in [0.25, 0.3) is 0 Å². The zero-order chi connectivity index (χ0) is 10.6. The summed E-state index contributed by atoms with van der Waals surface area (Å²) in [5.74, 6) is -0.238. The van der Waals surface area contributed by atoms with Crippen molar-refractivity contribution in [3.63, 3.8) is 0 Å². The van der Waals surface area contributed by atoms with Crippen LogP contribution in [0.15, 0.2) is 34.4 Å². The number of aromatic carboxylic acids is 1. The third-order valence-electron chi connectivity index (χ3n) is 1.36. The number of carbonyl (C=O) groups is 1. The maximum absolute atomic E-state index is 10.5. The Labute approximate surface area is 94.4 Å². The smallest absolute Gasteiger partial charge is 0.337 e. The van der Waals surface area contributed by atoms with E-state index in [1.807, 2.05) is 0 Å². The molecule has 0 saturated heterocycles. The quantitative estimate of drug-likeness (QED) is 0.858. The number of pyridine rings is 1. The summed E-state index contributed by atoms with van der Waals surface area (Å²) < 4.78 is 0.881. The van der Waals surface area contributed by atoms with Gasteiger partial charge in [0.2, 0.25) is 0 Å². The predicted molar refractivity (Wildman–Crippen MR) is 60.0 cm³/mol. The van der Waals surface area contributed by atoms with Gasteiger partial charge in [0.15, 0.2) is 0 Å². The molecule has 0 spiro atoms. The average molecular weight is 274 g/mol. The SMILES string of the molecule is C=C(Br)CSc1ccc(C(=O)O)cn1. The molecule has 3 nitrogen and oxygen atoms in total. The van der Waals surface area contributed by atoms with Crippen molar-refractivity contribution in [1.29, 1.82) is 0 Å². The summed E-state index contributed by atoms with van der Waals surface area (Å²) in [6.07, 6.45) is 1.35. The first-order valence-electron chi connectivity index (χ1n) is 3.75. The summed E-state index contributed by atoms with van der Waals surface area (Å²) in [5, 5.41) is 9.41. The normalized spacial score (nSPS) is 9.79. The number of hydrogen-bond acceptors (Lipinski definition) is 3. The third-order valence-corrected chi connectivity index (χ3v) is 3.04. The second kappa shape index (κ2) is 5.17. The number of halogens is 1. The van der Waals surface area contributed by atoms with E-state index in [0.717, 1.165) is 15.3 Å². The van der Waals surface area contributed by atoms with E-state index in [-0.39, 0.29) is 5.56 Å². The molecule has 0 atom stereocenters. The average Bonchev–Trinajstić information content (AvgIpc) is 2.15.